The van der Waals surface area contributed by atoms with Gasteiger partial charge in [-0.25, -0.2) is 4.79 Å². The molecule has 0 saturated carbocycles. The van der Waals surface area contributed by atoms with Crippen molar-refractivity contribution in [3.8, 4) is 0 Å². The Balaban J connectivity index is 1.96. The van der Waals surface area contributed by atoms with Crippen molar-refractivity contribution in [2.45, 2.75) is 150 Å². The second-order valence-corrected chi connectivity index (χ2v) is 13.1. The summed E-state index contributed by atoms with van der Waals surface area (Å²) in [6, 6.07) is -2.83. The van der Waals surface area contributed by atoms with E-state index in [0.29, 0.717) is 6.42 Å². The van der Waals surface area contributed by atoms with Crippen LogP contribution in [0.3, 0.4) is 0 Å². The third-order valence-electron chi connectivity index (χ3n) is 9.13. The van der Waals surface area contributed by atoms with Crippen molar-refractivity contribution in [1.29, 1.82) is 0 Å². The quantitative estimate of drug-likeness (QED) is 0.0580. The van der Waals surface area contributed by atoms with Crippen LogP contribution in [0.5, 0.6) is 0 Å². The largest absolute Gasteiger partial charge is 0.477 e. The van der Waals surface area contributed by atoms with E-state index in [1.807, 2.05) is 6.92 Å². The second-order valence-electron chi connectivity index (χ2n) is 13.1. The molecule has 3 aliphatic heterocycles. The third kappa shape index (κ3) is 10.5. The van der Waals surface area contributed by atoms with E-state index in [9.17, 15) is 65.4 Å². The van der Waals surface area contributed by atoms with Gasteiger partial charge in [-0.3, -0.25) is 9.59 Å². The van der Waals surface area contributed by atoms with Crippen LogP contribution in [0.25, 0.3) is 0 Å². The minimum absolute atomic E-state index is 0.163. The summed E-state index contributed by atoms with van der Waals surface area (Å²) in [5.74, 6) is -6.33. The van der Waals surface area contributed by atoms with Crippen molar-refractivity contribution in [2.75, 3.05) is 26.4 Å². The summed E-state index contributed by atoms with van der Waals surface area (Å²) in [7, 11) is 0. The number of carbonyl (C=O) groups is 3. The molecular weight excluding hydrogens is 704 g/mol. The first-order valence-corrected chi connectivity index (χ1v) is 17.2. The summed E-state index contributed by atoms with van der Waals surface area (Å²) in [6.07, 6.45) is -21.4. The molecule has 0 aromatic rings. The molecule has 0 aromatic heterocycles. The van der Waals surface area contributed by atoms with E-state index in [0.717, 1.165) is 33.1 Å². The number of aliphatic hydroxyl groups is 9. The first kappa shape index (κ1) is 44.2. The van der Waals surface area contributed by atoms with Gasteiger partial charge in [0.2, 0.25) is 11.8 Å². The molecule has 0 radical (unpaired) electrons. The average molecular weight is 759 g/mol. The average Bonchev–Trinajstić information content (AvgIpc) is 3.09. The second kappa shape index (κ2) is 19.9. The van der Waals surface area contributed by atoms with Crippen LogP contribution in [0.2, 0.25) is 0 Å². The van der Waals surface area contributed by atoms with Crippen molar-refractivity contribution >= 4 is 17.8 Å². The molecule has 0 unspecified atom stereocenters. The molecule has 302 valence electrons. The van der Waals surface area contributed by atoms with Crippen LogP contribution in [0.15, 0.2) is 0 Å². The van der Waals surface area contributed by atoms with E-state index in [4.69, 9.17) is 28.4 Å². The molecule has 3 aliphatic rings. The molecule has 3 fully saturated rings. The maximum absolute atomic E-state index is 12.8. The van der Waals surface area contributed by atoms with E-state index >= 15 is 0 Å². The lowest BCUT2D eigenvalue weighted by Gasteiger charge is -2.51. The molecule has 0 aliphatic carbocycles. The fraction of sp³-hybridized carbons (Fsp3) is 0.903. The van der Waals surface area contributed by atoms with E-state index in [-0.39, 0.29) is 6.61 Å². The molecular formula is C31H54N2O19. The Labute approximate surface area is 299 Å². The summed E-state index contributed by atoms with van der Waals surface area (Å²) < 4.78 is 34.4. The molecule has 0 spiro atoms. The Kier molecular flexibility index (Phi) is 16.9. The number of hydrogen-bond donors (Lipinski definition) is 12. The van der Waals surface area contributed by atoms with Gasteiger partial charge in [-0.1, -0.05) is 26.2 Å². The fourth-order valence-electron chi connectivity index (χ4n) is 6.42. The highest BCUT2D eigenvalue weighted by Crippen LogP contribution is 2.38. The standard InChI is InChI=1S/C31H54N2O19/c1-4-5-6-7-8-47-28-20(33-14(3)38)25(22(42)17(11-35)48-28)50-29-24(44)27(23(43)18(12-36)49-29)52-31(30(45)46)9-15(39)19(32-13(2)37)26(51-31)21(41)16(40)10-34/h15-29,34-36,39-44H,4-12H2,1-3H3,(H,32,37)(H,33,38)(H,45,46)/t15-,16+,17+,18+,19+,20+,21+,22+,23-,24+,25+,26+,27-,28+,29-,31-/m0/s1. The first-order valence-electron chi connectivity index (χ1n) is 17.2. The molecule has 12 N–H and O–H groups in total. The Morgan fingerprint density at radius 1 is 0.827 bits per heavy atom. The minimum atomic E-state index is -3.03. The van der Waals surface area contributed by atoms with Crippen LogP contribution >= 0.6 is 0 Å². The SMILES string of the molecule is CCCCCCO[C@@H]1O[C@H](CO)[C@@H](O)[C@H](O[C@@H]2O[C@H](CO)[C@H](O)[C@H](O[C@]3(C(=O)O)C[C@H](O)[C@@H](NC(C)=O)[C@H]([C@H](O)[C@H](O)CO)O3)[C@H]2O)[C@H]1NC(C)=O. The van der Waals surface area contributed by atoms with Gasteiger partial charge in [0.15, 0.2) is 12.6 Å². The third-order valence-corrected chi connectivity index (χ3v) is 9.13. The number of aliphatic hydroxyl groups excluding tert-OH is 9. The van der Waals surface area contributed by atoms with Gasteiger partial charge < -0.3 is 90.1 Å². The predicted octanol–water partition coefficient (Wildman–Crippen LogP) is -5.47. The number of hydrogen-bond acceptors (Lipinski definition) is 18. The van der Waals surface area contributed by atoms with Gasteiger partial charge in [-0.2, -0.15) is 0 Å². The number of nitrogens with one attached hydrogen (secondary N) is 2. The lowest BCUT2D eigenvalue weighted by molar-refractivity contribution is -0.381. The normalized spacial score (nSPS) is 39.3. The van der Waals surface area contributed by atoms with Crippen molar-refractivity contribution in [3.63, 3.8) is 0 Å². The smallest absolute Gasteiger partial charge is 0.364 e. The molecule has 0 aromatic carbocycles. The monoisotopic (exact) mass is 758 g/mol. The Morgan fingerprint density at radius 3 is 1.94 bits per heavy atom. The van der Waals surface area contributed by atoms with Crippen LogP contribution in [0, 0.1) is 0 Å². The predicted molar refractivity (Wildman–Crippen MR) is 170 cm³/mol. The Morgan fingerprint density at radius 2 is 1.40 bits per heavy atom. The van der Waals surface area contributed by atoms with Crippen LogP contribution < -0.4 is 10.6 Å². The van der Waals surface area contributed by atoms with E-state index in [1.54, 1.807) is 0 Å². The zero-order valence-electron chi connectivity index (χ0n) is 29.2. The number of carbonyl (C=O) groups excluding carboxylic acids is 2. The van der Waals surface area contributed by atoms with Crippen LogP contribution in [-0.4, -0.2) is 193 Å². The van der Waals surface area contributed by atoms with Gasteiger partial charge in [0.05, 0.1) is 32.0 Å². The van der Waals surface area contributed by atoms with Crippen molar-refractivity contribution in [1.82, 2.24) is 10.6 Å². The number of aliphatic carboxylic acids is 1. The van der Waals surface area contributed by atoms with E-state index in [1.165, 1.54) is 0 Å². The molecule has 16 atom stereocenters. The van der Waals surface area contributed by atoms with Gasteiger partial charge in [-0.15, -0.1) is 0 Å². The topological polar surface area (TPSA) is 333 Å². The summed E-state index contributed by atoms with van der Waals surface area (Å²) in [5, 5.41) is 110. The minimum Gasteiger partial charge on any atom is -0.477 e. The number of rotatable bonds is 18. The number of ether oxygens (including phenoxy) is 6. The zero-order chi connectivity index (χ0) is 38.9. The molecule has 21 heteroatoms. The maximum atomic E-state index is 12.8. The van der Waals surface area contributed by atoms with Crippen molar-refractivity contribution in [2.24, 2.45) is 0 Å². The summed E-state index contributed by atoms with van der Waals surface area (Å²) in [5.41, 5.74) is 0. The lowest BCUT2D eigenvalue weighted by Crippen LogP contribution is -2.71. The van der Waals surface area contributed by atoms with Crippen LogP contribution in [-0.2, 0) is 42.8 Å². The summed E-state index contributed by atoms with van der Waals surface area (Å²) >= 11 is 0. The summed E-state index contributed by atoms with van der Waals surface area (Å²) in [6.45, 7) is 1.66. The van der Waals surface area contributed by atoms with Gasteiger partial charge >= 0.3 is 5.97 Å². The number of carboxylic acids is 1. The van der Waals surface area contributed by atoms with Crippen LogP contribution in [0.1, 0.15) is 52.9 Å². The lowest BCUT2D eigenvalue weighted by atomic mass is 9.88. The molecule has 3 saturated heterocycles. The Bertz CT molecular complexity index is 1150. The van der Waals surface area contributed by atoms with Crippen LogP contribution in [0.4, 0.5) is 0 Å². The summed E-state index contributed by atoms with van der Waals surface area (Å²) in [4.78, 5) is 36.9. The van der Waals surface area contributed by atoms with Gasteiger partial charge in [0.25, 0.3) is 5.79 Å². The van der Waals surface area contributed by atoms with E-state index < -0.39 is 142 Å². The zero-order valence-corrected chi connectivity index (χ0v) is 29.2. The van der Waals surface area contributed by atoms with E-state index in [2.05, 4.69) is 10.6 Å². The molecule has 3 rings (SSSR count). The first-order chi connectivity index (χ1) is 24.5. The molecule has 2 amide bonds. The molecule has 3 heterocycles. The number of carboxylic acid groups (broad SMARTS) is 1. The van der Waals surface area contributed by atoms with Crippen molar-refractivity contribution < 1.29 is 93.9 Å². The van der Waals surface area contributed by atoms with Crippen molar-refractivity contribution in [3.05, 3.63) is 0 Å². The number of unbranched alkanes of at least 4 members (excludes halogenated alkanes) is 3. The van der Waals surface area contributed by atoms with Gasteiger partial charge in [0.1, 0.15) is 67.1 Å². The highest BCUT2D eigenvalue weighted by atomic mass is 16.8. The highest BCUT2D eigenvalue weighted by molar-refractivity contribution is 5.76. The molecule has 52 heavy (non-hydrogen) atoms. The fourth-order valence-corrected chi connectivity index (χ4v) is 6.42. The van der Waals surface area contributed by atoms with Gasteiger partial charge in [0, 0.05) is 26.9 Å². The maximum Gasteiger partial charge on any atom is 0.364 e. The number of amides is 2. The Hall–Kier alpha value is -2.19. The molecule has 21 nitrogen and oxygen atoms in total. The molecule has 0 bridgehead atoms. The highest BCUT2D eigenvalue weighted by Gasteiger charge is 2.60. The van der Waals surface area contributed by atoms with Gasteiger partial charge in [-0.05, 0) is 6.42 Å².